The van der Waals surface area contributed by atoms with Crippen LogP contribution in [-0.4, -0.2) is 0 Å². The second kappa shape index (κ2) is 29.1. The number of rotatable bonds is 3. The lowest BCUT2D eigenvalue weighted by Gasteiger charge is -2.22. The summed E-state index contributed by atoms with van der Waals surface area (Å²) in [6, 6.07) is 0. The maximum atomic E-state index is 1.56. The van der Waals surface area contributed by atoms with Crippen molar-refractivity contribution in [3.63, 3.8) is 0 Å². The standard InChI is InChI=1S/C40H78/c1-2-6-10-14-18-22-26-30-34-39(33-29-25-21-17-13-9-5-1)37-38-40-35-31-27-23-19-15-11-7-3-4-8-12-16-20-24-28-32-36-40/h39-40H,1-38H2. The Morgan fingerprint density at radius 3 is 0.450 bits per heavy atom. The molecule has 2 aliphatic carbocycles. The van der Waals surface area contributed by atoms with Crippen molar-refractivity contribution in [1.29, 1.82) is 0 Å². The number of hydrogen-bond donors (Lipinski definition) is 0. The molecule has 0 saturated heterocycles. The Balaban J connectivity index is 1.75. The second-order valence-corrected chi connectivity index (χ2v) is 14.8. The van der Waals surface area contributed by atoms with Gasteiger partial charge in [-0.05, 0) is 11.8 Å². The van der Waals surface area contributed by atoms with Gasteiger partial charge in [0.15, 0.2) is 0 Å². The summed E-state index contributed by atoms with van der Waals surface area (Å²) < 4.78 is 0. The molecular formula is C40H78. The van der Waals surface area contributed by atoms with Gasteiger partial charge in [0.05, 0.1) is 0 Å². The molecule has 2 aliphatic rings. The SMILES string of the molecule is C1CCCCCCCCCC(CCC2CCCCCCCCCCCCCCCCCC2)CCCCCCCC1. The van der Waals surface area contributed by atoms with Gasteiger partial charge in [0.2, 0.25) is 0 Å². The van der Waals surface area contributed by atoms with Gasteiger partial charge in [0, 0.05) is 0 Å². The van der Waals surface area contributed by atoms with E-state index in [2.05, 4.69) is 0 Å². The Morgan fingerprint density at radius 1 is 0.175 bits per heavy atom. The van der Waals surface area contributed by atoms with Gasteiger partial charge < -0.3 is 0 Å². The van der Waals surface area contributed by atoms with E-state index in [1.165, 1.54) is 205 Å². The summed E-state index contributed by atoms with van der Waals surface area (Å²) in [5, 5.41) is 0. The Bertz CT molecular complexity index is 396. The highest BCUT2D eigenvalue weighted by molar-refractivity contribution is 4.68. The highest BCUT2D eigenvalue weighted by Gasteiger charge is 2.14. The van der Waals surface area contributed by atoms with Crippen LogP contribution in [0.15, 0.2) is 0 Å². The molecule has 2 rings (SSSR count). The minimum absolute atomic E-state index is 1.04. The molecule has 0 aromatic carbocycles. The monoisotopic (exact) mass is 559 g/mol. The van der Waals surface area contributed by atoms with Gasteiger partial charge in [-0.3, -0.25) is 0 Å². The van der Waals surface area contributed by atoms with Crippen LogP contribution in [0.5, 0.6) is 0 Å². The predicted molar refractivity (Wildman–Crippen MR) is 182 cm³/mol. The summed E-state index contributed by atoms with van der Waals surface area (Å²) in [5.74, 6) is 2.08. The normalized spacial score (nSPS) is 24.9. The first-order valence-corrected chi connectivity index (χ1v) is 19.9. The first-order valence-electron chi connectivity index (χ1n) is 19.9. The fourth-order valence-electron chi connectivity index (χ4n) is 8.02. The van der Waals surface area contributed by atoms with E-state index in [1.54, 1.807) is 38.5 Å². The van der Waals surface area contributed by atoms with Crippen LogP contribution in [0.3, 0.4) is 0 Å². The highest BCUT2D eigenvalue weighted by Crippen LogP contribution is 2.30. The van der Waals surface area contributed by atoms with Crippen LogP contribution >= 0.6 is 0 Å². The smallest absolute Gasteiger partial charge is 0.0414 e. The Labute approximate surface area is 255 Å². The lowest BCUT2D eigenvalue weighted by atomic mass is 9.84. The van der Waals surface area contributed by atoms with Crippen LogP contribution < -0.4 is 0 Å². The summed E-state index contributed by atoms with van der Waals surface area (Å²) >= 11 is 0. The van der Waals surface area contributed by atoms with Gasteiger partial charge in [-0.2, -0.15) is 0 Å². The predicted octanol–water partition coefficient (Wildman–Crippen LogP) is 15.1. The summed E-state index contributed by atoms with van der Waals surface area (Å²) in [6.45, 7) is 0. The van der Waals surface area contributed by atoms with Gasteiger partial charge in [0.1, 0.15) is 0 Å². The molecule has 238 valence electrons. The minimum Gasteiger partial charge on any atom is -0.0533 e. The minimum atomic E-state index is 1.04. The molecule has 0 aliphatic heterocycles. The quantitative estimate of drug-likeness (QED) is 0.323. The molecule has 0 nitrogen and oxygen atoms in total. The lowest BCUT2D eigenvalue weighted by Crippen LogP contribution is -2.07. The topological polar surface area (TPSA) is 0 Å². The molecule has 2 saturated carbocycles. The average Bonchev–Trinajstić information content (AvgIpc) is 2.96. The van der Waals surface area contributed by atoms with Crippen molar-refractivity contribution in [3.8, 4) is 0 Å². The molecule has 0 atom stereocenters. The fourth-order valence-corrected chi connectivity index (χ4v) is 8.02. The van der Waals surface area contributed by atoms with E-state index in [4.69, 9.17) is 0 Å². The van der Waals surface area contributed by atoms with Crippen LogP contribution in [0, 0.1) is 11.8 Å². The molecule has 0 radical (unpaired) electrons. The molecule has 0 heterocycles. The lowest BCUT2D eigenvalue weighted by molar-refractivity contribution is 0.309. The molecule has 0 aromatic rings. The second-order valence-electron chi connectivity index (χ2n) is 14.8. The van der Waals surface area contributed by atoms with Gasteiger partial charge in [-0.1, -0.05) is 244 Å². The van der Waals surface area contributed by atoms with Gasteiger partial charge in [-0.15, -0.1) is 0 Å². The summed E-state index contributed by atoms with van der Waals surface area (Å²) in [4.78, 5) is 0. The van der Waals surface area contributed by atoms with Crippen LogP contribution in [0.4, 0.5) is 0 Å². The third kappa shape index (κ3) is 23.6. The zero-order valence-corrected chi connectivity index (χ0v) is 28.0. The summed E-state index contributed by atoms with van der Waals surface area (Å²) in [5.41, 5.74) is 0. The van der Waals surface area contributed by atoms with E-state index < -0.39 is 0 Å². The van der Waals surface area contributed by atoms with E-state index in [9.17, 15) is 0 Å². The largest absolute Gasteiger partial charge is 0.0533 e. The fraction of sp³-hybridized carbons (Fsp3) is 1.00. The Kier molecular flexibility index (Phi) is 26.3. The van der Waals surface area contributed by atoms with Crippen molar-refractivity contribution in [2.24, 2.45) is 11.8 Å². The third-order valence-corrected chi connectivity index (χ3v) is 10.9. The first-order chi connectivity index (χ1) is 19.9. The van der Waals surface area contributed by atoms with Gasteiger partial charge in [-0.25, -0.2) is 0 Å². The molecular weight excluding hydrogens is 480 g/mol. The molecule has 40 heavy (non-hydrogen) atoms. The van der Waals surface area contributed by atoms with Crippen molar-refractivity contribution >= 4 is 0 Å². The number of hydrogen-bond acceptors (Lipinski definition) is 0. The van der Waals surface area contributed by atoms with E-state index in [0.29, 0.717) is 0 Å². The van der Waals surface area contributed by atoms with Crippen LogP contribution in [-0.2, 0) is 0 Å². The zero-order valence-electron chi connectivity index (χ0n) is 28.0. The Hall–Kier alpha value is 0. The molecule has 0 amide bonds. The van der Waals surface area contributed by atoms with Crippen molar-refractivity contribution in [2.75, 3.05) is 0 Å². The maximum absolute atomic E-state index is 1.56. The third-order valence-electron chi connectivity index (χ3n) is 10.9. The van der Waals surface area contributed by atoms with E-state index in [1.807, 2.05) is 0 Å². The molecule has 0 spiro atoms. The van der Waals surface area contributed by atoms with Crippen molar-refractivity contribution < 1.29 is 0 Å². The molecule has 0 unspecified atom stereocenters. The molecule has 0 bridgehead atoms. The highest BCUT2D eigenvalue weighted by atomic mass is 14.2. The maximum Gasteiger partial charge on any atom is -0.0414 e. The van der Waals surface area contributed by atoms with Crippen molar-refractivity contribution in [1.82, 2.24) is 0 Å². The molecule has 0 aromatic heterocycles. The van der Waals surface area contributed by atoms with E-state index in [-0.39, 0.29) is 0 Å². The summed E-state index contributed by atoms with van der Waals surface area (Å²) in [6.07, 6.45) is 57.6. The molecule has 0 N–H and O–H groups in total. The average molecular weight is 559 g/mol. The van der Waals surface area contributed by atoms with Crippen molar-refractivity contribution in [2.45, 2.75) is 244 Å². The van der Waals surface area contributed by atoms with Gasteiger partial charge in [0.25, 0.3) is 0 Å². The van der Waals surface area contributed by atoms with Crippen LogP contribution in [0.1, 0.15) is 244 Å². The van der Waals surface area contributed by atoms with Crippen LogP contribution in [0.2, 0.25) is 0 Å². The molecule has 0 heteroatoms. The summed E-state index contributed by atoms with van der Waals surface area (Å²) in [7, 11) is 0. The van der Waals surface area contributed by atoms with Gasteiger partial charge >= 0.3 is 0 Å². The Morgan fingerprint density at radius 2 is 0.300 bits per heavy atom. The molecule has 2 fully saturated rings. The first kappa shape index (κ1) is 36.2. The van der Waals surface area contributed by atoms with E-state index in [0.717, 1.165) is 11.8 Å². The zero-order chi connectivity index (χ0) is 28.0. The van der Waals surface area contributed by atoms with E-state index >= 15 is 0 Å². The van der Waals surface area contributed by atoms with Crippen molar-refractivity contribution in [3.05, 3.63) is 0 Å². The van der Waals surface area contributed by atoms with Crippen LogP contribution in [0.25, 0.3) is 0 Å².